The first-order valence-electron chi connectivity index (χ1n) is 16.0. The van der Waals surface area contributed by atoms with Gasteiger partial charge < -0.3 is 24.5 Å². The minimum Gasteiger partial charge on any atom is -0.460 e. The number of carbonyl (C=O) groups is 3. The molecule has 1 heterocycles. The Hall–Kier alpha value is -5.54. The van der Waals surface area contributed by atoms with Crippen LogP contribution in [-0.2, 0) is 45.1 Å². The summed E-state index contributed by atoms with van der Waals surface area (Å²) in [6.45, 7) is 0.918. The van der Waals surface area contributed by atoms with Gasteiger partial charge in [0.1, 0.15) is 19.0 Å². The molecule has 0 fully saturated rings. The summed E-state index contributed by atoms with van der Waals surface area (Å²) in [4.78, 5) is 43.5. The quantitative estimate of drug-likeness (QED) is 0.122. The van der Waals surface area contributed by atoms with Crippen LogP contribution < -0.4 is 10.6 Å². The predicted octanol–water partition coefficient (Wildman–Crippen LogP) is 5.81. The number of amides is 1. The third kappa shape index (κ3) is 10.2. The fourth-order valence-corrected chi connectivity index (χ4v) is 5.27. The Labute approximate surface area is 280 Å². The Morgan fingerprint density at radius 3 is 1.88 bits per heavy atom. The van der Waals surface area contributed by atoms with Crippen molar-refractivity contribution in [2.75, 3.05) is 13.1 Å². The Morgan fingerprint density at radius 1 is 0.688 bits per heavy atom. The number of ether oxygens (including phenoxy) is 2. The van der Waals surface area contributed by atoms with E-state index in [1.807, 2.05) is 121 Å². The molecule has 9 nitrogen and oxygen atoms in total. The van der Waals surface area contributed by atoms with Crippen molar-refractivity contribution >= 4 is 17.8 Å². The van der Waals surface area contributed by atoms with Gasteiger partial charge in [-0.3, -0.25) is 9.59 Å². The van der Waals surface area contributed by atoms with Crippen LogP contribution in [0.4, 0.5) is 0 Å². The zero-order valence-electron chi connectivity index (χ0n) is 26.6. The molecule has 246 valence electrons. The van der Waals surface area contributed by atoms with E-state index >= 15 is 0 Å². The van der Waals surface area contributed by atoms with E-state index < -0.39 is 17.9 Å². The van der Waals surface area contributed by atoms with Crippen molar-refractivity contribution in [3.05, 3.63) is 161 Å². The standard InChI is InChI=1S/C39H39N3O6/c43-37(41-24-22-35-36(42-28-48-35)39(45)47-27-31-17-9-3-10-18-31)34(25-29-13-5-1-6-14-29)40-23-21-33(32-19-11-4-12-20-32)38(44)46-26-30-15-7-2-8-16-30/h1-20,28,33-34,40H,21-27H2,(H,41,43)/t33?,34-/m0/s1. The first-order valence-corrected chi connectivity index (χ1v) is 16.0. The lowest BCUT2D eigenvalue weighted by atomic mass is 9.95. The lowest BCUT2D eigenvalue weighted by Crippen LogP contribution is -2.46. The van der Waals surface area contributed by atoms with Crippen LogP contribution in [-0.4, -0.2) is 42.0 Å². The summed E-state index contributed by atoms with van der Waals surface area (Å²) >= 11 is 0. The molecule has 4 aromatic carbocycles. The van der Waals surface area contributed by atoms with Gasteiger partial charge in [0.15, 0.2) is 12.1 Å². The average molecular weight is 646 g/mol. The van der Waals surface area contributed by atoms with Crippen molar-refractivity contribution in [1.29, 1.82) is 0 Å². The van der Waals surface area contributed by atoms with E-state index in [2.05, 4.69) is 15.6 Å². The van der Waals surface area contributed by atoms with Gasteiger partial charge in [0.25, 0.3) is 0 Å². The van der Waals surface area contributed by atoms with Crippen LogP contribution in [0.1, 0.15) is 50.8 Å². The monoisotopic (exact) mass is 645 g/mol. The molecule has 1 aromatic heterocycles. The van der Waals surface area contributed by atoms with E-state index in [0.29, 0.717) is 25.1 Å². The van der Waals surface area contributed by atoms with E-state index in [1.54, 1.807) is 0 Å². The summed E-state index contributed by atoms with van der Waals surface area (Å²) in [6, 6.07) is 37.6. The van der Waals surface area contributed by atoms with Crippen LogP contribution in [0, 0.1) is 0 Å². The molecular weight excluding hydrogens is 606 g/mol. The van der Waals surface area contributed by atoms with E-state index in [1.165, 1.54) is 6.39 Å². The van der Waals surface area contributed by atoms with Crippen molar-refractivity contribution in [2.45, 2.75) is 44.4 Å². The van der Waals surface area contributed by atoms with E-state index in [-0.39, 0.29) is 43.7 Å². The predicted molar refractivity (Wildman–Crippen MR) is 181 cm³/mol. The molecule has 0 bridgehead atoms. The Balaban J connectivity index is 1.17. The second-order valence-corrected chi connectivity index (χ2v) is 11.3. The molecule has 5 aromatic rings. The molecule has 0 saturated heterocycles. The second-order valence-electron chi connectivity index (χ2n) is 11.3. The summed E-state index contributed by atoms with van der Waals surface area (Å²) in [6.07, 6.45) is 2.33. The van der Waals surface area contributed by atoms with Gasteiger partial charge in [0.05, 0.1) is 12.0 Å². The molecule has 5 rings (SSSR count). The number of nitrogens with zero attached hydrogens (tertiary/aromatic N) is 1. The van der Waals surface area contributed by atoms with Gasteiger partial charge in [-0.05, 0) is 41.6 Å². The third-order valence-electron chi connectivity index (χ3n) is 7.83. The fourth-order valence-electron chi connectivity index (χ4n) is 5.27. The number of hydrogen-bond acceptors (Lipinski definition) is 8. The largest absolute Gasteiger partial charge is 0.460 e. The molecule has 1 amide bonds. The molecule has 2 N–H and O–H groups in total. The summed E-state index contributed by atoms with van der Waals surface area (Å²) in [5, 5.41) is 6.34. The van der Waals surface area contributed by atoms with Crippen LogP contribution in [0.2, 0.25) is 0 Å². The maximum atomic E-state index is 13.5. The number of rotatable bonds is 17. The summed E-state index contributed by atoms with van der Waals surface area (Å²) in [7, 11) is 0. The number of hydrogen-bond donors (Lipinski definition) is 2. The highest BCUT2D eigenvalue weighted by atomic mass is 16.5. The molecule has 9 heteroatoms. The molecule has 0 aliphatic carbocycles. The molecule has 0 aliphatic heterocycles. The van der Waals surface area contributed by atoms with E-state index in [9.17, 15) is 14.4 Å². The normalized spacial score (nSPS) is 12.1. The minimum atomic E-state index is -0.590. The van der Waals surface area contributed by atoms with Gasteiger partial charge in [-0.1, -0.05) is 121 Å². The Kier molecular flexibility index (Phi) is 12.7. The molecule has 0 spiro atoms. The summed E-state index contributed by atoms with van der Waals surface area (Å²) < 4.78 is 16.6. The zero-order valence-corrected chi connectivity index (χ0v) is 26.6. The van der Waals surface area contributed by atoms with E-state index in [0.717, 1.165) is 22.3 Å². The minimum absolute atomic E-state index is 0.0882. The van der Waals surface area contributed by atoms with Gasteiger partial charge >= 0.3 is 11.9 Å². The van der Waals surface area contributed by atoms with Crippen LogP contribution in [0.25, 0.3) is 0 Å². The summed E-state index contributed by atoms with van der Waals surface area (Å²) in [5.41, 5.74) is 3.71. The average Bonchev–Trinajstić information content (AvgIpc) is 3.61. The molecule has 0 aliphatic rings. The molecule has 2 atom stereocenters. The van der Waals surface area contributed by atoms with Crippen molar-refractivity contribution in [3.63, 3.8) is 0 Å². The smallest absolute Gasteiger partial charge is 0.360 e. The molecule has 0 radical (unpaired) electrons. The maximum Gasteiger partial charge on any atom is 0.360 e. The number of oxazole rings is 1. The number of benzene rings is 4. The van der Waals surface area contributed by atoms with E-state index in [4.69, 9.17) is 13.9 Å². The van der Waals surface area contributed by atoms with Crippen molar-refractivity contribution in [1.82, 2.24) is 15.6 Å². The fraction of sp³-hybridized carbons (Fsp3) is 0.231. The number of nitrogens with one attached hydrogen (secondary N) is 2. The lowest BCUT2D eigenvalue weighted by molar-refractivity contribution is -0.147. The van der Waals surface area contributed by atoms with Gasteiger partial charge in [0, 0.05) is 13.0 Å². The number of aromatic nitrogens is 1. The zero-order chi connectivity index (χ0) is 33.4. The molecule has 48 heavy (non-hydrogen) atoms. The summed E-state index contributed by atoms with van der Waals surface area (Å²) in [5.74, 6) is -1.29. The van der Waals surface area contributed by atoms with Gasteiger partial charge in [0.2, 0.25) is 5.91 Å². The van der Waals surface area contributed by atoms with Crippen molar-refractivity contribution < 1.29 is 28.3 Å². The van der Waals surface area contributed by atoms with Crippen molar-refractivity contribution in [3.8, 4) is 0 Å². The molecule has 1 unspecified atom stereocenters. The van der Waals surface area contributed by atoms with Gasteiger partial charge in [-0.25, -0.2) is 9.78 Å². The van der Waals surface area contributed by atoms with Crippen LogP contribution in [0.15, 0.2) is 132 Å². The highest BCUT2D eigenvalue weighted by Gasteiger charge is 2.25. The van der Waals surface area contributed by atoms with Crippen LogP contribution in [0.3, 0.4) is 0 Å². The maximum absolute atomic E-state index is 13.5. The lowest BCUT2D eigenvalue weighted by Gasteiger charge is -2.21. The second kappa shape index (κ2) is 18.0. The highest BCUT2D eigenvalue weighted by Crippen LogP contribution is 2.22. The number of carbonyl (C=O) groups excluding carboxylic acids is 3. The molecule has 0 saturated carbocycles. The Bertz CT molecular complexity index is 1710. The number of esters is 2. The first-order chi connectivity index (χ1) is 23.6. The highest BCUT2D eigenvalue weighted by molar-refractivity contribution is 5.88. The SMILES string of the molecule is O=C(OCc1ccccc1)c1ncoc1CCNC(=O)[C@H](Cc1ccccc1)NCCC(C(=O)OCc1ccccc1)c1ccccc1. The van der Waals surface area contributed by atoms with Crippen LogP contribution >= 0.6 is 0 Å². The van der Waals surface area contributed by atoms with Crippen LogP contribution in [0.5, 0.6) is 0 Å². The molecular formula is C39H39N3O6. The topological polar surface area (TPSA) is 120 Å². The Morgan fingerprint density at radius 2 is 1.25 bits per heavy atom. The van der Waals surface area contributed by atoms with Gasteiger partial charge in [-0.2, -0.15) is 0 Å². The van der Waals surface area contributed by atoms with Gasteiger partial charge in [-0.15, -0.1) is 0 Å². The third-order valence-corrected chi connectivity index (χ3v) is 7.83. The van der Waals surface area contributed by atoms with Crippen molar-refractivity contribution in [2.24, 2.45) is 0 Å². The first kappa shape index (κ1) is 33.8.